The fourth-order valence-corrected chi connectivity index (χ4v) is 1.60. The van der Waals surface area contributed by atoms with E-state index in [0.29, 0.717) is 15.2 Å². The number of hydrogen-bond donors (Lipinski definition) is 0. The van der Waals surface area contributed by atoms with Crippen molar-refractivity contribution in [3.05, 3.63) is 21.6 Å². The van der Waals surface area contributed by atoms with Gasteiger partial charge >= 0.3 is 0 Å². The van der Waals surface area contributed by atoms with Crippen LogP contribution in [0.3, 0.4) is 0 Å². The van der Waals surface area contributed by atoms with Crippen LogP contribution < -0.4 is 0 Å². The largest absolute Gasteiger partial charge is 0.230 e. The molecule has 2 nitrogen and oxygen atoms in total. The molecule has 0 aliphatic rings. The van der Waals surface area contributed by atoms with Crippen molar-refractivity contribution in [3.63, 3.8) is 0 Å². The first-order chi connectivity index (χ1) is 4.74. The zero-order chi connectivity index (χ0) is 7.56. The zero-order valence-electron chi connectivity index (χ0n) is 4.81. The molecule has 54 valence electrons. The van der Waals surface area contributed by atoms with E-state index in [9.17, 15) is 0 Å². The van der Waals surface area contributed by atoms with E-state index < -0.39 is 0 Å². The van der Waals surface area contributed by atoms with Crippen LogP contribution in [0.4, 0.5) is 0 Å². The summed E-state index contributed by atoms with van der Waals surface area (Å²) in [6.45, 7) is 0. The highest BCUT2D eigenvalue weighted by Gasteiger charge is 2.00. The van der Waals surface area contributed by atoms with Crippen molar-refractivity contribution in [1.82, 2.24) is 9.97 Å². The van der Waals surface area contributed by atoms with E-state index in [-0.39, 0.29) is 0 Å². The van der Waals surface area contributed by atoms with Crippen molar-refractivity contribution < 1.29 is 0 Å². The van der Waals surface area contributed by atoms with Gasteiger partial charge in [0.25, 0.3) is 0 Å². The van der Waals surface area contributed by atoms with Crippen LogP contribution >= 0.6 is 43.5 Å². The van der Waals surface area contributed by atoms with Gasteiger partial charge in [-0.2, -0.15) is 0 Å². The van der Waals surface area contributed by atoms with Gasteiger partial charge in [-0.1, -0.05) is 27.5 Å². The number of halogens is 3. The number of hydrogen-bond acceptors (Lipinski definition) is 2. The van der Waals surface area contributed by atoms with Gasteiger partial charge in [-0.25, -0.2) is 9.97 Å². The second kappa shape index (κ2) is 3.64. The van der Waals surface area contributed by atoms with Crippen molar-refractivity contribution in [3.8, 4) is 0 Å². The highest BCUT2D eigenvalue weighted by atomic mass is 79.9. The standard InChI is InChI=1S/C5H3Br2ClN2/c6-1-3-2-9-5(7)10-4(3)8/h2H,1H2. The van der Waals surface area contributed by atoms with Gasteiger partial charge in [0, 0.05) is 17.1 Å². The first-order valence-electron chi connectivity index (χ1n) is 2.47. The van der Waals surface area contributed by atoms with Crippen LogP contribution in [0.25, 0.3) is 0 Å². The third-order valence-electron chi connectivity index (χ3n) is 0.926. The van der Waals surface area contributed by atoms with Crippen LogP contribution in [0.5, 0.6) is 0 Å². The van der Waals surface area contributed by atoms with Crippen molar-refractivity contribution >= 4 is 43.5 Å². The number of aromatic nitrogens is 2. The maximum atomic E-state index is 5.72. The van der Waals surface area contributed by atoms with Crippen molar-refractivity contribution in [2.45, 2.75) is 5.33 Å². The lowest BCUT2D eigenvalue weighted by Crippen LogP contribution is -1.88. The first kappa shape index (κ1) is 8.43. The van der Waals surface area contributed by atoms with E-state index in [1.165, 1.54) is 0 Å². The van der Waals surface area contributed by atoms with Gasteiger partial charge in [-0.3, -0.25) is 0 Å². The Hall–Kier alpha value is 0.330. The van der Waals surface area contributed by atoms with E-state index in [1.807, 2.05) is 0 Å². The molecule has 0 N–H and O–H groups in total. The molecule has 1 aromatic rings. The molecule has 0 saturated carbocycles. The summed E-state index contributed by atoms with van der Waals surface area (Å²) in [7, 11) is 0. The number of rotatable bonds is 1. The molecule has 1 aromatic heterocycles. The summed E-state index contributed by atoms with van der Waals surface area (Å²) in [6.07, 6.45) is 1.67. The van der Waals surface area contributed by atoms with E-state index in [1.54, 1.807) is 6.20 Å². The molecule has 5 heteroatoms. The molecule has 0 aliphatic carbocycles. The molecule has 0 unspecified atom stereocenters. The minimum atomic E-state index is 0.485. The predicted molar refractivity (Wildman–Crippen MR) is 47.4 cm³/mol. The van der Waals surface area contributed by atoms with Crippen molar-refractivity contribution in [2.75, 3.05) is 0 Å². The predicted octanol–water partition coefficient (Wildman–Crippen LogP) is 2.79. The average molecular weight is 286 g/mol. The number of alkyl halides is 1. The Morgan fingerprint density at radius 1 is 1.60 bits per heavy atom. The van der Waals surface area contributed by atoms with E-state index in [4.69, 9.17) is 11.6 Å². The smallest absolute Gasteiger partial charge is 0.197 e. The fourth-order valence-electron chi connectivity index (χ4n) is 0.456. The summed E-state index contributed by atoms with van der Waals surface area (Å²) >= 11 is 12.1. The summed E-state index contributed by atoms with van der Waals surface area (Å²) in [5.41, 5.74) is 0.893. The van der Waals surface area contributed by atoms with Crippen LogP contribution in [0, 0.1) is 0 Å². The molecule has 1 heterocycles. The summed E-state index contributed by atoms with van der Waals surface area (Å²) in [6, 6.07) is 0. The van der Waals surface area contributed by atoms with Gasteiger partial charge in [0.2, 0.25) is 0 Å². The lowest BCUT2D eigenvalue weighted by molar-refractivity contribution is 1.08. The highest BCUT2D eigenvalue weighted by molar-refractivity contribution is 9.10. The Kier molecular flexibility index (Phi) is 3.07. The molecule has 0 saturated heterocycles. The van der Waals surface area contributed by atoms with Gasteiger partial charge in [0.15, 0.2) is 4.73 Å². The molecule has 0 spiro atoms. The van der Waals surface area contributed by atoms with E-state index >= 15 is 0 Å². The molecular weight excluding hydrogens is 283 g/mol. The van der Waals surface area contributed by atoms with Crippen LogP contribution in [0.15, 0.2) is 10.9 Å². The lowest BCUT2D eigenvalue weighted by Gasteiger charge is -1.96. The van der Waals surface area contributed by atoms with Crippen molar-refractivity contribution in [2.24, 2.45) is 0 Å². The second-order valence-corrected chi connectivity index (χ2v) is 3.22. The average Bonchev–Trinajstić information content (AvgIpc) is 1.88. The summed E-state index contributed by atoms with van der Waals surface area (Å²) in [5.74, 6) is 0. The van der Waals surface area contributed by atoms with Gasteiger partial charge in [-0.15, -0.1) is 0 Å². The molecule has 0 amide bonds. The Labute approximate surface area is 80.3 Å². The van der Waals surface area contributed by atoms with Gasteiger partial charge in [0.1, 0.15) is 5.15 Å². The second-order valence-electron chi connectivity index (χ2n) is 1.59. The monoisotopic (exact) mass is 284 g/mol. The normalized spacial score (nSPS) is 9.90. The molecule has 0 radical (unpaired) electrons. The van der Waals surface area contributed by atoms with Crippen LogP contribution in [0.1, 0.15) is 5.56 Å². The SMILES string of the molecule is Clc1nc(Br)ncc1CBr. The van der Waals surface area contributed by atoms with E-state index in [0.717, 1.165) is 5.56 Å². The quantitative estimate of drug-likeness (QED) is 0.451. The van der Waals surface area contributed by atoms with Crippen LogP contribution in [-0.4, -0.2) is 9.97 Å². The molecule has 1 rings (SSSR count). The highest BCUT2D eigenvalue weighted by Crippen LogP contribution is 2.16. The summed E-state index contributed by atoms with van der Waals surface area (Å²) in [5, 5.41) is 1.16. The first-order valence-corrected chi connectivity index (χ1v) is 4.76. The topological polar surface area (TPSA) is 25.8 Å². The summed E-state index contributed by atoms with van der Waals surface area (Å²) < 4.78 is 0.516. The van der Waals surface area contributed by atoms with E-state index in [2.05, 4.69) is 41.8 Å². The maximum absolute atomic E-state index is 5.72. The van der Waals surface area contributed by atoms with Crippen LogP contribution in [-0.2, 0) is 5.33 Å². The Morgan fingerprint density at radius 2 is 2.30 bits per heavy atom. The third-order valence-corrected chi connectivity index (χ3v) is 2.24. The molecule has 0 aromatic carbocycles. The lowest BCUT2D eigenvalue weighted by atomic mass is 10.4. The molecule has 10 heavy (non-hydrogen) atoms. The molecule has 0 fully saturated rings. The zero-order valence-corrected chi connectivity index (χ0v) is 8.74. The third kappa shape index (κ3) is 1.90. The van der Waals surface area contributed by atoms with Crippen molar-refractivity contribution in [1.29, 1.82) is 0 Å². The maximum Gasteiger partial charge on any atom is 0.197 e. The minimum Gasteiger partial charge on any atom is -0.230 e. The van der Waals surface area contributed by atoms with Gasteiger partial charge < -0.3 is 0 Å². The molecular formula is C5H3Br2ClN2. The minimum absolute atomic E-state index is 0.485. The molecule has 0 aliphatic heterocycles. The summed E-state index contributed by atoms with van der Waals surface area (Å²) in [4.78, 5) is 7.79. The Morgan fingerprint density at radius 3 is 2.80 bits per heavy atom. The number of nitrogens with zero attached hydrogens (tertiary/aromatic N) is 2. The molecule has 0 bridgehead atoms. The van der Waals surface area contributed by atoms with Gasteiger partial charge in [-0.05, 0) is 15.9 Å². The Balaban J connectivity index is 3.07. The molecule has 0 atom stereocenters. The Bertz CT molecular complexity index is 241. The van der Waals surface area contributed by atoms with Crippen LogP contribution in [0.2, 0.25) is 5.15 Å². The van der Waals surface area contributed by atoms with Gasteiger partial charge in [0.05, 0.1) is 0 Å². The fraction of sp³-hybridized carbons (Fsp3) is 0.200.